The summed E-state index contributed by atoms with van der Waals surface area (Å²) < 4.78 is 10.8. The Hall–Kier alpha value is -2.71. The summed E-state index contributed by atoms with van der Waals surface area (Å²) in [5, 5.41) is 12.0. The molecule has 0 heterocycles. The molecule has 0 atom stereocenters. The van der Waals surface area contributed by atoms with Gasteiger partial charge in [-0.15, -0.1) is 0 Å². The predicted molar refractivity (Wildman–Crippen MR) is 86.6 cm³/mol. The number of carbonyl (C=O) groups is 1. The summed E-state index contributed by atoms with van der Waals surface area (Å²) >= 11 is 5.77. The quantitative estimate of drug-likeness (QED) is 0.792. The summed E-state index contributed by atoms with van der Waals surface area (Å²) in [6.07, 6.45) is 0. The monoisotopic (exact) mass is 330 g/mol. The minimum atomic E-state index is -0.242. The van der Waals surface area contributed by atoms with Crippen molar-refractivity contribution in [3.8, 4) is 17.6 Å². The summed E-state index contributed by atoms with van der Waals surface area (Å²) in [6.45, 7) is 0.634. The number of ether oxygens (including phenoxy) is 2. The van der Waals surface area contributed by atoms with Gasteiger partial charge in [0.15, 0.2) is 6.61 Å². The van der Waals surface area contributed by atoms with E-state index in [4.69, 9.17) is 26.3 Å². The van der Waals surface area contributed by atoms with Crippen molar-refractivity contribution in [2.75, 3.05) is 19.8 Å². The summed E-state index contributed by atoms with van der Waals surface area (Å²) in [5.74, 6) is 0.989. The van der Waals surface area contributed by atoms with Gasteiger partial charge in [-0.05, 0) is 48.5 Å². The van der Waals surface area contributed by atoms with Crippen LogP contribution in [-0.2, 0) is 4.79 Å². The van der Waals surface area contributed by atoms with Gasteiger partial charge in [0, 0.05) is 5.02 Å². The van der Waals surface area contributed by atoms with E-state index >= 15 is 0 Å². The maximum atomic E-state index is 11.6. The molecule has 0 radical (unpaired) electrons. The lowest BCUT2D eigenvalue weighted by molar-refractivity contribution is -0.123. The molecule has 0 saturated heterocycles. The fourth-order valence-electron chi connectivity index (χ4n) is 1.72. The van der Waals surface area contributed by atoms with Crippen molar-refractivity contribution < 1.29 is 14.3 Å². The molecule has 2 aromatic rings. The molecule has 0 aliphatic heterocycles. The van der Waals surface area contributed by atoms with E-state index in [0.717, 1.165) is 0 Å². The van der Waals surface area contributed by atoms with E-state index in [9.17, 15) is 4.79 Å². The van der Waals surface area contributed by atoms with Crippen molar-refractivity contribution in [1.82, 2.24) is 5.32 Å². The molecule has 1 N–H and O–H groups in total. The second kappa shape index (κ2) is 8.66. The van der Waals surface area contributed by atoms with E-state index in [-0.39, 0.29) is 12.5 Å². The zero-order chi connectivity index (χ0) is 16.5. The molecule has 118 valence electrons. The first-order valence-electron chi connectivity index (χ1n) is 6.95. The number of rotatable bonds is 7. The second-order valence-electron chi connectivity index (χ2n) is 4.58. The largest absolute Gasteiger partial charge is 0.492 e. The lowest BCUT2D eigenvalue weighted by Crippen LogP contribution is -2.32. The molecule has 0 bridgehead atoms. The zero-order valence-electron chi connectivity index (χ0n) is 12.3. The highest BCUT2D eigenvalue weighted by molar-refractivity contribution is 6.30. The number of benzene rings is 2. The Bertz CT molecular complexity index is 678. The van der Waals surface area contributed by atoms with Crippen molar-refractivity contribution >= 4 is 17.5 Å². The van der Waals surface area contributed by atoms with Crippen LogP contribution in [0.5, 0.6) is 11.5 Å². The maximum Gasteiger partial charge on any atom is 0.258 e. The fraction of sp³-hybridized carbons (Fsp3) is 0.176. The highest BCUT2D eigenvalue weighted by Gasteiger charge is 2.03. The van der Waals surface area contributed by atoms with Crippen LogP contribution in [0, 0.1) is 11.3 Å². The van der Waals surface area contributed by atoms with Crippen LogP contribution in [0.25, 0.3) is 0 Å². The molecule has 1 amide bonds. The van der Waals surface area contributed by atoms with Crippen molar-refractivity contribution in [3.63, 3.8) is 0 Å². The molecule has 2 aromatic carbocycles. The molecule has 6 heteroatoms. The van der Waals surface area contributed by atoms with Gasteiger partial charge in [-0.1, -0.05) is 11.6 Å². The van der Waals surface area contributed by atoms with Crippen molar-refractivity contribution in [2.45, 2.75) is 0 Å². The van der Waals surface area contributed by atoms with Gasteiger partial charge in [0.1, 0.15) is 18.1 Å². The third-order valence-corrected chi connectivity index (χ3v) is 3.11. The lowest BCUT2D eigenvalue weighted by atomic mass is 10.2. The first-order valence-corrected chi connectivity index (χ1v) is 7.33. The average Bonchev–Trinajstić information content (AvgIpc) is 2.59. The molecular formula is C17H15ClN2O3. The van der Waals surface area contributed by atoms with E-state index in [1.807, 2.05) is 6.07 Å². The minimum absolute atomic E-state index is 0.0904. The molecule has 5 nitrogen and oxygen atoms in total. The number of nitriles is 1. The second-order valence-corrected chi connectivity index (χ2v) is 5.01. The van der Waals surface area contributed by atoms with Gasteiger partial charge in [0.2, 0.25) is 0 Å². The van der Waals surface area contributed by atoms with Gasteiger partial charge in [-0.2, -0.15) is 5.26 Å². The van der Waals surface area contributed by atoms with Gasteiger partial charge in [-0.3, -0.25) is 4.79 Å². The minimum Gasteiger partial charge on any atom is -0.492 e. The Labute approximate surface area is 139 Å². The van der Waals surface area contributed by atoms with Gasteiger partial charge in [0.05, 0.1) is 18.2 Å². The van der Waals surface area contributed by atoms with Gasteiger partial charge in [-0.25, -0.2) is 0 Å². The predicted octanol–water partition coefficient (Wildman–Crippen LogP) is 2.79. The topological polar surface area (TPSA) is 71.3 Å². The zero-order valence-corrected chi connectivity index (χ0v) is 13.0. The molecular weight excluding hydrogens is 316 g/mol. The van der Waals surface area contributed by atoms with Crippen LogP contribution >= 0.6 is 11.6 Å². The van der Waals surface area contributed by atoms with E-state index in [2.05, 4.69) is 5.32 Å². The van der Waals surface area contributed by atoms with Crippen LogP contribution in [0.15, 0.2) is 48.5 Å². The smallest absolute Gasteiger partial charge is 0.258 e. The Morgan fingerprint density at radius 3 is 2.30 bits per heavy atom. The molecule has 0 spiro atoms. The highest BCUT2D eigenvalue weighted by Crippen LogP contribution is 2.15. The van der Waals surface area contributed by atoms with Crippen molar-refractivity contribution in [2.24, 2.45) is 0 Å². The Morgan fingerprint density at radius 2 is 1.65 bits per heavy atom. The number of nitrogens with zero attached hydrogens (tertiary/aromatic N) is 1. The summed E-state index contributed by atoms with van der Waals surface area (Å²) in [6, 6.07) is 15.6. The van der Waals surface area contributed by atoms with Gasteiger partial charge in [0.25, 0.3) is 5.91 Å². The number of amides is 1. The van der Waals surface area contributed by atoms with Gasteiger partial charge >= 0.3 is 0 Å². The highest BCUT2D eigenvalue weighted by atomic mass is 35.5. The summed E-state index contributed by atoms with van der Waals surface area (Å²) in [5.41, 5.74) is 0.543. The van der Waals surface area contributed by atoms with Crippen LogP contribution in [0.1, 0.15) is 5.56 Å². The number of nitrogens with one attached hydrogen (secondary N) is 1. The average molecular weight is 331 g/mol. The first kappa shape index (κ1) is 16.7. The van der Waals surface area contributed by atoms with E-state index in [0.29, 0.717) is 35.2 Å². The van der Waals surface area contributed by atoms with Gasteiger partial charge < -0.3 is 14.8 Å². The summed E-state index contributed by atoms with van der Waals surface area (Å²) in [7, 11) is 0. The van der Waals surface area contributed by atoms with Crippen molar-refractivity contribution in [3.05, 3.63) is 59.1 Å². The molecule has 23 heavy (non-hydrogen) atoms. The Balaban J connectivity index is 1.63. The van der Waals surface area contributed by atoms with Crippen LogP contribution in [0.3, 0.4) is 0 Å². The number of hydrogen-bond donors (Lipinski definition) is 1. The third kappa shape index (κ3) is 5.89. The van der Waals surface area contributed by atoms with Crippen molar-refractivity contribution in [1.29, 1.82) is 5.26 Å². The summed E-state index contributed by atoms with van der Waals surface area (Å²) in [4.78, 5) is 11.6. The third-order valence-electron chi connectivity index (χ3n) is 2.86. The normalized spacial score (nSPS) is 9.74. The fourth-order valence-corrected chi connectivity index (χ4v) is 1.84. The Kier molecular flexibility index (Phi) is 6.28. The number of carbonyl (C=O) groups excluding carboxylic acids is 1. The molecule has 0 unspecified atom stereocenters. The standard InChI is InChI=1S/C17H15ClN2O3/c18-14-3-7-15(8-4-14)22-10-9-20-17(21)12-23-16-5-1-13(11-19)2-6-16/h1-8H,9-10,12H2,(H,20,21). The number of hydrogen-bond acceptors (Lipinski definition) is 4. The van der Waals surface area contributed by atoms with Crippen LogP contribution < -0.4 is 14.8 Å². The molecule has 0 aliphatic rings. The molecule has 0 aromatic heterocycles. The first-order chi connectivity index (χ1) is 11.2. The van der Waals surface area contributed by atoms with Crippen LogP contribution in [-0.4, -0.2) is 25.7 Å². The number of halogens is 1. The molecule has 2 rings (SSSR count). The molecule has 0 aliphatic carbocycles. The van der Waals surface area contributed by atoms with E-state index in [1.54, 1.807) is 48.5 Å². The SMILES string of the molecule is N#Cc1ccc(OCC(=O)NCCOc2ccc(Cl)cc2)cc1. The van der Waals surface area contributed by atoms with E-state index < -0.39 is 0 Å². The lowest BCUT2D eigenvalue weighted by Gasteiger charge is -2.09. The maximum absolute atomic E-state index is 11.6. The molecule has 0 saturated carbocycles. The molecule has 0 fully saturated rings. The van der Waals surface area contributed by atoms with E-state index in [1.165, 1.54) is 0 Å². The van der Waals surface area contributed by atoms with Crippen LogP contribution in [0.4, 0.5) is 0 Å². The Morgan fingerprint density at radius 1 is 1.04 bits per heavy atom. The van der Waals surface area contributed by atoms with Crippen LogP contribution in [0.2, 0.25) is 5.02 Å².